The van der Waals surface area contributed by atoms with Crippen LogP contribution in [0.5, 0.6) is 0 Å². The number of alkyl halides is 3. The number of pyridine rings is 2. The molecular formula is C17H26F3N5O. The maximum atomic E-state index is 13.3. The summed E-state index contributed by atoms with van der Waals surface area (Å²) in [6.07, 6.45) is -3.39. The molecule has 2 heterocycles. The molecule has 0 saturated carbocycles. The third kappa shape index (κ3) is 4.48. The minimum Gasteiger partial charge on any atom is -0.383 e. The molecule has 0 unspecified atom stereocenters. The Balaban J connectivity index is 0. The summed E-state index contributed by atoms with van der Waals surface area (Å²) in [5.74, 6) is -0.805. The van der Waals surface area contributed by atoms with Gasteiger partial charge in [-0.05, 0) is 30.2 Å². The molecule has 26 heavy (non-hydrogen) atoms. The van der Waals surface area contributed by atoms with Gasteiger partial charge in [-0.2, -0.15) is 13.2 Å². The molecule has 0 aliphatic carbocycles. The van der Waals surface area contributed by atoms with Crippen molar-refractivity contribution < 1.29 is 22.2 Å². The summed E-state index contributed by atoms with van der Waals surface area (Å²) in [5, 5.41) is 2.86. The number of nitrogens with one attached hydrogen (secondary N) is 1. The predicted molar refractivity (Wildman–Crippen MR) is 99.0 cm³/mol. The van der Waals surface area contributed by atoms with Gasteiger partial charge in [0, 0.05) is 23.1 Å². The van der Waals surface area contributed by atoms with E-state index in [4.69, 9.17) is 11.5 Å². The molecule has 9 heteroatoms. The third-order valence-electron chi connectivity index (χ3n) is 3.87. The van der Waals surface area contributed by atoms with Gasteiger partial charge in [0.2, 0.25) is 5.78 Å². The predicted octanol–water partition coefficient (Wildman–Crippen LogP) is 3.44. The zero-order valence-electron chi connectivity index (χ0n) is 14.3. The highest BCUT2D eigenvalue weighted by molar-refractivity contribution is 6.11. The summed E-state index contributed by atoms with van der Waals surface area (Å²) in [4.78, 5) is 20.2. The number of anilines is 2. The van der Waals surface area contributed by atoms with Crippen molar-refractivity contribution in [2.24, 2.45) is 11.7 Å². The van der Waals surface area contributed by atoms with Crippen LogP contribution in [-0.4, -0.2) is 28.3 Å². The first-order chi connectivity index (χ1) is 12.1. The highest BCUT2D eigenvalue weighted by Crippen LogP contribution is 2.33. The van der Waals surface area contributed by atoms with Gasteiger partial charge in [0.05, 0.1) is 11.1 Å². The molecule has 2 aromatic rings. The largest absolute Gasteiger partial charge is 0.418 e. The molecule has 0 aliphatic heterocycles. The fraction of sp³-hybridized carbons (Fsp3) is 0.353. The summed E-state index contributed by atoms with van der Waals surface area (Å²) in [6.45, 7) is 4.15. The lowest BCUT2D eigenvalue weighted by Crippen LogP contribution is -2.34. The summed E-state index contributed by atoms with van der Waals surface area (Å²) in [6, 6.07) is 4.49. The molecule has 2 rings (SSSR count). The summed E-state index contributed by atoms with van der Waals surface area (Å²) in [5.41, 5.74) is 9.52. The Morgan fingerprint density at radius 2 is 2.00 bits per heavy atom. The number of carbonyl (C=O) groups is 1. The molecule has 146 valence electrons. The Hall–Kier alpha value is -2.68. The van der Waals surface area contributed by atoms with E-state index >= 15 is 0 Å². The molecular weight excluding hydrogens is 347 g/mol. The second kappa shape index (κ2) is 7.69. The Morgan fingerprint density at radius 1 is 1.31 bits per heavy atom. The standard InChI is InChI=1S/C17H20F3N5O.3H2/c1-9(2)12(21)8-24-13-6-5-11(17(18,19)20)14(25-13)15(26)10-4-3-7-23-16(10)22;;;/h3-7,9,12H,8,21H2,1-2H3,(H2,22,23)(H,24,25);3*1H/t12-;;;/m1.../s1. The molecule has 0 amide bonds. The highest BCUT2D eigenvalue weighted by atomic mass is 19.4. The number of halogens is 3. The number of ketones is 1. The summed E-state index contributed by atoms with van der Waals surface area (Å²) >= 11 is 0. The molecule has 0 saturated heterocycles. The zero-order valence-corrected chi connectivity index (χ0v) is 14.3. The second-order valence-electron chi connectivity index (χ2n) is 6.14. The van der Waals surface area contributed by atoms with Gasteiger partial charge in [0.25, 0.3) is 0 Å². The Morgan fingerprint density at radius 3 is 2.58 bits per heavy atom. The van der Waals surface area contributed by atoms with Gasteiger partial charge in [-0.15, -0.1) is 0 Å². The van der Waals surface area contributed by atoms with Gasteiger partial charge in [-0.3, -0.25) is 4.79 Å². The van der Waals surface area contributed by atoms with Gasteiger partial charge in [0.15, 0.2) is 0 Å². The SMILES string of the molecule is CC(C)[C@H](N)CNc1ccc(C(F)(F)F)c(C(=O)c2cccnc2N)n1.[HH].[HH].[HH]. The van der Waals surface area contributed by atoms with Crippen LogP contribution in [0, 0.1) is 5.92 Å². The van der Waals surface area contributed by atoms with E-state index in [-0.39, 0.29) is 33.4 Å². The van der Waals surface area contributed by atoms with Crippen LogP contribution in [0.1, 0.15) is 39.7 Å². The topological polar surface area (TPSA) is 107 Å². The first-order valence-electron chi connectivity index (χ1n) is 7.94. The molecule has 0 fully saturated rings. The minimum absolute atomic E-state index is 0. The van der Waals surface area contributed by atoms with Crippen LogP contribution in [0.15, 0.2) is 30.5 Å². The van der Waals surface area contributed by atoms with E-state index < -0.39 is 23.2 Å². The van der Waals surface area contributed by atoms with Crippen molar-refractivity contribution in [1.82, 2.24) is 9.97 Å². The maximum Gasteiger partial charge on any atom is 0.418 e. The van der Waals surface area contributed by atoms with Crippen LogP contribution in [0.3, 0.4) is 0 Å². The average Bonchev–Trinajstić information content (AvgIpc) is 2.58. The number of hydrogen-bond acceptors (Lipinski definition) is 6. The van der Waals surface area contributed by atoms with E-state index in [2.05, 4.69) is 15.3 Å². The van der Waals surface area contributed by atoms with Gasteiger partial charge in [-0.1, -0.05) is 13.8 Å². The minimum atomic E-state index is -4.73. The Kier molecular flexibility index (Phi) is 5.81. The number of carbonyl (C=O) groups excluding carboxylic acids is 1. The lowest BCUT2D eigenvalue weighted by Gasteiger charge is -2.18. The molecule has 0 spiro atoms. The summed E-state index contributed by atoms with van der Waals surface area (Å²) < 4.78 is 39.9. The van der Waals surface area contributed by atoms with Crippen LogP contribution in [-0.2, 0) is 6.18 Å². The number of rotatable bonds is 6. The van der Waals surface area contributed by atoms with Crippen molar-refractivity contribution in [1.29, 1.82) is 0 Å². The lowest BCUT2D eigenvalue weighted by molar-refractivity contribution is -0.138. The van der Waals surface area contributed by atoms with E-state index in [1.165, 1.54) is 24.4 Å². The quantitative estimate of drug-likeness (QED) is 0.670. The van der Waals surface area contributed by atoms with Crippen molar-refractivity contribution in [3.63, 3.8) is 0 Å². The molecule has 2 aromatic heterocycles. The molecule has 1 atom stereocenters. The maximum absolute atomic E-state index is 13.3. The number of nitrogen functional groups attached to an aromatic ring is 1. The highest BCUT2D eigenvalue weighted by Gasteiger charge is 2.37. The van der Waals surface area contributed by atoms with Crippen LogP contribution in [0.2, 0.25) is 0 Å². The third-order valence-corrected chi connectivity index (χ3v) is 3.87. The molecule has 0 aromatic carbocycles. The Bertz CT molecular complexity index is 806. The van der Waals surface area contributed by atoms with Crippen LogP contribution in [0.25, 0.3) is 0 Å². The average molecular weight is 373 g/mol. The van der Waals surface area contributed by atoms with E-state index in [1.807, 2.05) is 13.8 Å². The summed E-state index contributed by atoms with van der Waals surface area (Å²) in [7, 11) is 0. The van der Waals surface area contributed by atoms with Crippen LogP contribution < -0.4 is 16.8 Å². The van der Waals surface area contributed by atoms with Crippen molar-refractivity contribution in [3.05, 3.63) is 47.3 Å². The molecule has 6 nitrogen and oxygen atoms in total. The monoisotopic (exact) mass is 373 g/mol. The number of hydrogen-bond donors (Lipinski definition) is 3. The second-order valence-corrected chi connectivity index (χ2v) is 6.14. The van der Waals surface area contributed by atoms with E-state index in [1.54, 1.807) is 0 Å². The lowest BCUT2D eigenvalue weighted by atomic mass is 10.0. The van der Waals surface area contributed by atoms with Crippen molar-refractivity contribution >= 4 is 17.4 Å². The van der Waals surface area contributed by atoms with E-state index in [9.17, 15) is 18.0 Å². The van der Waals surface area contributed by atoms with Gasteiger partial charge >= 0.3 is 6.18 Å². The van der Waals surface area contributed by atoms with Gasteiger partial charge in [-0.25, -0.2) is 9.97 Å². The number of nitrogens with zero attached hydrogens (tertiary/aromatic N) is 2. The van der Waals surface area contributed by atoms with Crippen LogP contribution >= 0.6 is 0 Å². The first-order valence-corrected chi connectivity index (χ1v) is 7.94. The van der Waals surface area contributed by atoms with Crippen molar-refractivity contribution in [2.75, 3.05) is 17.6 Å². The fourth-order valence-corrected chi connectivity index (χ4v) is 2.15. The Labute approximate surface area is 153 Å². The van der Waals surface area contributed by atoms with Gasteiger partial charge < -0.3 is 16.8 Å². The first kappa shape index (κ1) is 19.6. The normalized spacial score (nSPS) is 12.9. The number of aromatic nitrogens is 2. The molecule has 0 aliphatic rings. The van der Waals surface area contributed by atoms with Crippen molar-refractivity contribution in [3.8, 4) is 0 Å². The number of nitrogens with two attached hydrogens (primary N) is 2. The molecule has 0 radical (unpaired) electrons. The van der Waals surface area contributed by atoms with E-state index in [0.29, 0.717) is 6.54 Å². The van der Waals surface area contributed by atoms with Crippen LogP contribution in [0.4, 0.5) is 24.8 Å². The smallest absolute Gasteiger partial charge is 0.383 e. The van der Waals surface area contributed by atoms with Crippen molar-refractivity contribution in [2.45, 2.75) is 26.1 Å². The zero-order chi connectivity index (χ0) is 19.5. The van der Waals surface area contributed by atoms with Gasteiger partial charge in [0.1, 0.15) is 17.3 Å². The molecule has 5 N–H and O–H groups in total. The fourth-order valence-electron chi connectivity index (χ4n) is 2.15. The van der Waals surface area contributed by atoms with E-state index in [0.717, 1.165) is 6.07 Å². The molecule has 0 bridgehead atoms.